The van der Waals surface area contributed by atoms with Gasteiger partial charge in [0.05, 0.1) is 17.1 Å². The van der Waals surface area contributed by atoms with Gasteiger partial charge in [-0.25, -0.2) is 4.39 Å². The summed E-state index contributed by atoms with van der Waals surface area (Å²) in [6, 6.07) is 8.57. The van der Waals surface area contributed by atoms with Crippen molar-refractivity contribution in [1.82, 2.24) is 0 Å². The Balaban J connectivity index is 2.40. The first-order valence-electron chi connectivity index (χ1n) is 5.39. The zero-order chi connectivity index (χ0) is 14.0. The number of halogens is 2. The Bertz CT molecular complexity index is 646. The summed E-state index contributed by atoms with van der Waals surface area (Å²) >= 11 is 5.79. The van der Waals surface area contributed by atoms with E-state index < -0.39 is 11.7 Å². The van der Waals surface area contributed by atoms with Gasteiger partial charge in [0.1, 0.15) is 5.82 Å². The Morgan fingerprint density at radius 3 is 2.58 bits per heavy atom. The monoisotopic (exact) mass is 279 g/mol. The number of nitrogen functional groups attached to an aromatic ring is 1. The molecule has 0 aliphatic carbocycles. The Morgan fingerprint density at radius 1 is 1.16 bits per heavy atom. The molecule has 0 radical (unpaired) electrons. The summed E-state index contributed by atoms with van der Waals surface area (Å²) in [5.41, 5.74) is 12.1. The van der Waals surface area contributed by atoms with Crippen LogP contribution in [0.5, 0.6) is 0 Å². The average molecular weight is 280 g/mol. The minimum atomic E-state index is -0.588. The van der Waals surface area contributed by atoms with Gasteiger partial charge in [-0.2, -0.15) is 0 Å². The molecule has 0 aliphatic heterocycles. The van der Waals surface area contributed by atoms with Gasteiger partial charge in [0.15, 0.2) is 0 Å². The van der Waals surface area contributed by atoms with Crippen LogP contribution in [-0.4, -0.2) is 5.91 Å². The van der Waals surface area contributed by atoms with Crippen molar-refractivity contribution in [2.45, 2.75) is 0 Å². The van der Waals surface area contributed by atoms with Crippen LogP contribution in [0.25, 0.3) is 0 Å². The second-order valence-electron chi connectivity index (χ2n) is 3.92. The van der Waals surface area contributed by atoms with Crippen molar-refractivity contribution < 1.29 is 9.18 Å². The summed E-state index contributed by atoms with van der Waals surface area (Å²) in [6.07, 6.45) is 0. The fourth-order valence-electron chi connectivity index (χ4n) is 1.56. The lowest BCUT2D eigenvalue weighted by Crippen LogP contribution is -2.11. The highest BCUT2D eigenvalue weighted by Crippen LogP contribution is 2.27. The van der Waals surface area contributed by atoms with E-state index in [1.165, 1.54) is 36.4 Å². The number of rotatable bonds is 3. The summed E-state index contributed by atoms with van der Waals surface area (Å²) in [5, 5.41) is 3.17. The largest absolute Gasteiger partial charge is 0.397 e. The van der Waals surface area contributed by atoms with E-state index in [0.717, 1.165) is 0 Å². The molecule has 0 unspecified atom stereocenters. The number of carbonyl (C=O) groups is 1. The quantitative estimate of drug-likeness (QED) is 0.756. The van der Waals surface area contributed by atoms with Gasteiger partial charge in [0, 0.05) is 10.6 Å². The van der Waals surface area contributed by atoms with Gasteiger partial charge < -0.3 is 16.8 Å². The highest BCUT2D eigenvalue weighted by atomic mass is 35.5. The smallest absolute Gasteiger partial charge is 0.248 e. The zero-order valence-electron chi connectivity index (χ0n) is 9.78. The number of hydrogen-bond donors (Lipinski definition) is 3. The average Bonchev–Trinajstić information content (AvgIpc) is 2.36. The number of nitrogens with one attached hydrogen (secondary N) is 1. The molecule has 0 aromatic heterocycles. The van der Waals surface area contributed by atoms with E-state index in [1.807, 2.05) is 0 Å². The third-order valence-electron chi connectivity index (χ3n) is 2.54. The molecule has 98 valence electrons. The summed E-state index contributed by atoms with van der Waals surface area (Å²) < 4.78 is 13.6. The molecule has 1 amide bonds. The first-order chi connectivity index (χ1) is 8.97. The van der Waals surface area contributed by atoms with Crippen molar-refractivity contribution >= 4 is 34.6 Å². The summed E-state index contributed by atoms with van der Waals surface area (Å²) in [4.78, 5) is 11.1. The van der Waals surface area contributed by atoms with E-state index in [1.54, 1.807) is 0 Å². The maximum Gasteiger partial charge on any atom is 0.248 e. The number of benzene rings is 2. The molecule has 4 nitrogen and oxygen atoms in total. The third-order valence-corrected chi connectivity index (χ3v) is 2.77. The van der Waals surface area contributed by atoms with Gasteiger partial charge in [0.2, 0.25) is 5.91 Å². The fourth-order valence-corrected chi connectivity index (χ4v) is 1.73. The SMILES string of the molecule is NC(=O)c1ccc(N)c(Nc2cc(Cl)ccc2F)c1. The van der Waals surface area contributed by atoms with Crippen LogP contribution in [0.15, 0.2) is 36.4 Å². The lowest BCUT2D eigenvalue weighted by molar-refractivity contribution is 0.100. The Labute approximate surface area is 114 Å². The molecule has 0 saturated carbocycles. The highest BCUT2D eigenvalue weighted by Gasteiger charge is 2.08. The van der Waals surface area contributed by atoms with E-state index >= 15 is 0 Å². The van der Waals surface area contributed by atoms with Crippen LogP contribution < -0.4 is 16.8 Å². The van der Waals surface area contributed by atoms with Crippen molar-refractivity contribution in [3.05, 3.63) is 52.8 Å². The molecule has 0 heterocycles. The van der Waals surface area contributed by atoms with Crippen molar-refractivity contribution in [2.75, 3.05) is 11.1 Å². The Morgan fingerprint density at radius 2 is 1.89 bits per heavy atom. The normalized spacial score (nSPS) is 10.2. The second kappa shape index (κ2) is 5.16. The molecule has 5 N–H and O–H groups in total. The number of hydrogen-bond acceptors (Lipinski definition) is 3. The molecular formula is C13H11ClFN3O. The number of carbonyl (C=O) groups excluding carboxylic acids is 1. The lowest BCUT2D eigenvalue weighted by atomic mass is 10.1. The van der Waals surface area contributed by atoms with Crippen LogP contribution in [0.2, 0.25) is 5.02 Å². The minimum Gasteiger partial charge on any atom is -0.397 e. The van der Waals surface area contributed by atoms with Gasteiger partial charge in [-0.1, -0.05) is 11.6 Å². The van der Waals surface area contributed by atoms with Crippen LogP contribution in [0, 0.1) is 5.82 Å². The van der Waals surface area contributed by atoms with Crippen LogP contribution in [0.1, 0.15) is 10.4 Å². The number of amides is 1. The molecule has 0 atom stereocenters. The molecule has 2 rings (SSSR count). The fraction of sp³-hybridized carbons (Fsp3) is 0. The molecule has 2 aromatic carbocycles. The minimum absolute atomic E-state index is 0.167. The third kappa shape index (κ3) is 2.95. The maximum atomic E-state index is 13.6. The predicted molar refractivity (Wildman–Crippen MR) is 74.1 cm³/mol. The first-order valence-corrected chi connectivity index (χ1v) is 5.76. The predicted octanol–water partition coefficient (Wildman–Crippen LogP) is 2.90. The lowest BCUT2D eigenvalue weighted by Gasteiger charge is -2.11. The second-order valence-corrected chi connectivity index (χ2v) is 4.35. The number of anilines is 3. The summed E-state index contributed by atoms with van der Waals surface area (Å²) in [6.45, 7) is 0. The van der Waals surface area contributed by atoms with Crippen LogP contribution in [0.4, 0.5) is 21.5 Å². The summed E-state index contributed by atoms with van der Waals surface area (Å²) in [7, 11) is 0. The maximum absolute atomic E-state index is 13.6. The molecule has 0 aliphatic rings. The standard InChI is InChI=1S/C13H11ClFN3O/c14-8-2-3-9(15)11(6-8)18-12-5-7(13(17)19)1-4-10(12)16/h1-6,18H,16H2,(H2,17,19). The van der Waals surface area contributed by atoms with Crippen molar-refractivity contribution in [2.24, 2.45) is 5.73 Å². The van der Waals surface area contributed by atoms with Gasteiger partial charge in [0.25, 0.3) is 0 Å². The van der Waals surface area contributed by atoms with Crippen molar-refractivity contribution in [3.8, 4) is 0 Å². The molecule has 0 spiro atoms. The van der Waals surface area contributed by atoms with E-state index in [2.05, 4.69) is 5.32 Å². The number of nitrogens with two attached hydrogens (primary N) is 2. The molecule has 6 heteroatoms. The molecular weight excluding hydrogens is 269 g/mol. The van der Waals surface area contributed by atoms with Crippen LogP contribution >= 0.6 is 11.6 Å². The first kappa shape index (κ1) is 13.2. The van der Waals surface area contributed by atoms with Crippen LogP contribution in [-0.2, 0) is 0 Å². The molecule has 19 heavy (non-hydrogen) atoms. The van der Waals surface area contributed by atoms with E-state index in [-0.39, 0.29) is 11.3 Å². The molecule has 2 aromatic rings. The van der Waals surface area contributed by atoms with Crippen molar-refractivity contribution in [1.29, 1.82) is 0 Å². The van der Waals surface area contributed by atoms with Crippen LogP contribution in [0.3, 0.4) is 0 Å². The van der Waals surface area contributed by atoms with E-state index in [0.29, 0.717) is 16.4 Å². The Hall–Kier alpha value is -2.27. The van der Waals surface area contributed by atoms with Gasteiger partial charge in [-0.05, 0) is 36.4 Å². The van der Waals surface area contributed by atoms with Gasteiger partial charge in [-0.15, -0.1) is 0 Å². The summed E-state index contributed by atoms with van der Waals surface area (Å²) in [5.74, 6) is -1.07. The van der Waals surface area contributed by atoms with Crippen molar-refractivity contribution in [3.63, 3.8) is 0 Å². The van der Waals surface area contributed by atoms with E-state index in [4.69, 9.17) is 23.1 Å². The molecule has 0 fully saturated rings. The molecule has 0 bridgehead atoms. The van der Waals surface area contributed by atoms with Gasteiger partial charge >= 0.3 is 0 Å². The van der Waals surface area contributed by atoms with Gasteiger partial charge in [-0.3, -0.25) is 4.79 Å². The molecule has 0 saturated heterocycles. The zero-order valence-corrected chi connectivity index (χ0v) is 10.5. The Kier molecular flexibility index (Phi) is 3.57. The number of primary amides is 1. The van der Waals surface area contributed by atoms with E-state index in [9.17, 15) is 9.18 Å². The topological polar surface area (TPSA) is 81.1 Å². The highest BCUT2D eigenvalue weighted by molar-refractivity contribution is 6.30.